The molecule has 0 aromatic heterocycles. The van der Waals surface area contributed by atoms with Crippen molar-refractivity contribution in [1.82, 2.24) is 10.6 Å². The van der Waals surface area contributed by atoms with Crippen LogP contribution in [0.15, 0.2) is 103 Å². The molecule has 0 radical (unpaired) electrons. The van der Waals surface area contributed by atoms with Crippen LogP contribution in [0.4, 0.5) is 0 Å². The van der Waals surface area contributed by atoms with E-state index in [0.29, 0.717) is 42.1 Å². The highest BCUT2D eigenvalue weighted by Crippen LogP contribution is 2.37. The van der Waals surface area contributed by atoms with Gasteiger partial charge in [-0.3, -0.25) is 4.79 Å². The molecule has 1 aliphatic rings. The lowest BCUT2D eigenvalue weighted by Crippen LogP contribution is -2.48. The lowest BCUT2D eigenvalue weighted by molar-refractivity contribution is -0.117. The van der Waals surface area contributed by atoms with Crippen LogP contribution in [0, 0.1) is 6.92 Å². The van der Waals surface area contributed by atoms with Crippen molar-refractivity contribution in [2.45, 2.75) is 32.0 Å². The minimum atomic E-state index is -0.797. The van der Waals surface area contributed by atoms with Crippen LogP contribution in [0.5, 0.6) is 11.5 Å². The summed E-state index contributed by atoms with van der Waals surface area (Å²) in [6, 6.07) is 32.9. The van der Waals surface area contributed by atoms with E-state index in [0.717, 1.165) is 16.7 Å². The molecule has 1 aliphatic heterocycles. The fourth-order valence-corrected chi connectivity index (χ4v) is 4.74. The molecule has 1 amide bonds. The van der Waals surface area contributed by atoms with E-state index < -0.39 is 12.1 Å². The molecule has 3 N–H and O–H groups in total. The van der Waals surface area contributed by atoms with Gasteiger partial charge in [0.1, 0.15) is 11.5 Å². The number of hydrogen-bond donors (Lipinski definition) is 3. The fraction of sp³-hybridized carbons (Fsp3) is 0.182. The number of carbonyl (C=O) groups is 1. The first-order valence-electron chi connectivity index (χ1n) is 12.9. The number of para-hydroxylation sites is 2. The Balaban J connectivity index is 1.37. The maximum atomic E-state index is 13.8. The van der Waals surface area contributed by atoms with Gasteiger partial charge in [-0.15, -0.1) is 0 Å². The van der Waals surface area contributed by atoms with E-state index in [1.807, 2.05) is 91.0 Å². The van der Waals surface area contributed by atoms with Crippen LogP contribution >= 0.6 is 0 Å². The molecule has 0 bridgehead atoms. The Morgan fingerprint density at radius 2 is 1.55 bits per heavy atom. The third kappa shape index (κ3) is 6.20. The Morgan fingerprint density at radius 1 is 0.842 bits per heavy atom. The van der Waals surface area contributed by atoms with Crippen molar-refractivity contribution in [3.63, 3.8) is 0 Å². The summed E-state index contributed by atoms with van der Waals surface area (Å²) in [5.41, 5.74) is 5.44. The summed E-state index contributed by atoms with van der Waals surface area (Å²) in [6.45, 7) is 3.04. The van der Waals surface area contributed by atoms with E-state index >= 15 is 0 Å². The second kappa shape index (κ2) is 11.9. The molecule has 5 nitrogen and oxygen atoms in total. The third-order valence-corrected chi connectivity index (χ3v) is 6.71. The second-order valence-electron chi connectivity index (χ2n) is 9.65. The Kier molecular flexibility index (Phi) is 7.98. The highest BCUT2D eigenvalue weighted by Gasteiger charge is 2.26. The summed E-state index contributed by atoms with van der Waals surface area (Å²) in [7, 11) is 0. The quantitative estimate of drug-likeness (QED) is 0.281. The van der Waals surface area contributed by atoms with Crippen LogP contribution in [0.1, 0.15) is 27.8 Å². The number of fused-ring (bicyclic) bond motifs is 2. The highest BCUT2D eigenvalue weighted by atomic mass is 16.5. The summed E-state index contributed by atoms with van der Waals surface area (Å²) >= 11 is 0. The van der Waals surface area contributed by atoms with Gasteiger partial charge in [0, 0.05) is 24.2 Å². The molecule has 4 aromatic rings. The number of amides is 1. The van der Waals surface area contributed by atoms with Crippen LogP contribution in [0.25, 0.3) is 11.6 Å². The Hall–Kier alpha value is -4.19. The first-order valence-corrected chi connectivity index (χ1v) is 12.9. The number of carbonyl (C=O) groups excluding carboxylic acids is 1. The number of nitrogens with one attached hydrogen (secondary N) is 2. The van der Waals surface area contributed by atoms with Gasteiger partial charge in [-0.25, -0.2) is 0 Å². The molecule has 5 rings (SSSR count). The predicted octanol–water partition coefficient (Wildman–Crippen LogP) is 5.52. The zero-order valence-corrected chi connectivity index (χ0v) is 21.4. The SMILES string of the molecule is Cc1cccc(CNCC(O)C(Cc2ccccc2)NC(=O)C2=Cc3ccccc3Oc3ccccc32)c1. The van der Waals surface area contributed by atoms with E-state index in [-0.39, 0.29) is 5.91 Å². The van der Waals surface area contributed by atoms with Crippen LogP contribution in [0.2, 0.25) is 0 Å². The van der Waals surface area contributed by atoms with Crippen molar-refractivity contribution in [3.8, 4) is 11.5 Å². The molecule has 0 fully saturated rings. The van der Waals surface area contributed by atoms with E-state index in [1.165, 1.54) is 5.56 Å². The molecule has 0 aliphatic carbocycles. The van der Waals surface area contributed by atoms with Crippen molar-refractivity contribution in [2.75, 3.05) is 6.54 Å². The van der Waals surface area contributed by atoms with Gasteiger partial charge in [0.25, 0.3) is 5.91 Å². The Morgan fingerprint density at radius 3 is 2.37 bits per heavy atom. The topological polar surface area (TPSA) is 70.6 Å². The van der Waals surface area contributed by atoms with Gasteiger partial charge in [-0.05, 0) is 42.7 Å². The highest BCUT2D eigenvalue weighted by molar-refractivity contribution is 6.25. The largest absolute Gasteiger partial charge is 0.456 e. The number of benzene rings is 4. The van der Waals surface area contributed by atoms with Gasteiger partial charge in [0.2, 0.25) is 0 Å². The number of aryl methyl sites for hydroxylation is 1. The maximum absolute atomic E-state index is 13.8. The zero-order valence-electron chi connectivity index (χ0n) is 21.4. The second-order valence-corrected chi connectivity index (χ2v) is 9.65. The first-order chi connectivity index (χ1) is 18.6. The van der Waals surface area contributed by atoms with Crippen LogP contribution in [0.3, 0.4) is 0 Å². The third-order valence-electron chi connectivity index (χ3n) is 6.71. The first kappa shape index (κ1) is 25.5. The van der Waals surface area contributed by atoms with Crippen molar-refractivity contribution in [3.05, 3.63) is 131 Å². The van der Waals surface area contributed by atoms with Gasteiger partial charge >= 0.3 is 0 Å². The van der Waals surface area contributed by atoms with Gasteiger partial charge < -0.3 is 20.5 Å². The van der Waals surface area contributed by atoms with E-state index in [9.17, 15) is 9.90 Å². The minimum Gasteiger partial charge on any atom is -0.456 e. The predicted molar refractivity (Wildman–Crippen MR) is 152 cm³/mol. The Labute approximate surface area is 223 Å². The van der Waals surface area contributed by atoms with E-state index in [4.69, 9.17) is 4.74 Å². The number of hydrogen-bond acceptors (Lipinski definition) is 4. The van der Waals surface area contributed by atoms with Crippen molar-refractivity contribution in [1.29, 1.82) is 0 Å². The number of aliphatic hydroxyl groups excluding tert-OH is 1. The van der Waals surface area contributed by atoms with Crippen LogP contribution < -0.4 is 15.4 Å². The average Bonchev–Trinajstić information content (AvgIpc) is 3.10. The maximum Gasteiger partial charge on any atom is 0.252 e. The van der Waals surface area contributed by atoms with Gasteiger partial charge in [-0.2, -0.15) is 0 Å². The monoisotopic (exact) mass is 504 g/mol. The number of ether oxygens (including phenoxy) is 1. The van der Waals surface area contributed by atoms with Crippen molar-refractivity contribution >= 4 is 17.6 Å². The van der Waals surface area contributed by atoms with Gasteiger partial charge in [-0.1, -0.05) is 96.6 Å². The van der Waals surface area contributed by atoms with Gasteiger partial charge in [0.05, 0.1) is 17.7 Å². The standard InChI is InChI=1S/C33H32N2O3/c1-23-10-9-13-25(18-23)21-34-22-30(36)29(19-24-11-3-2-4-12-24)35-33(37)28-20-26-14-5-7-16-31(26)38-32-17-8-6-15-27(28)32/h2-18,20,29-30,34,36H,19,21-22H2,1H3,(H,35,37). The lowest BCUT2D eigenvalue weighted by Gasteiger charge is -2.25. The molecular weight excluding hydrogens is 472 g/mol. The molecule has 4 aromatic carbocycles. The average molecular weight is 505 g/mol. The number of aliphatic hydroxyl groups is 1. The summed E-state index contributed by atoms with van der Waals surface area (Å²) in [5.74, 6) is 1.07. The molecule has 192 valence electrons. The smallest absolute Gasteiger partial charge is 0.252 e. The number of rotatable bonds is 9. The zero-order chi connectivity index (χ0) is 26.3. The van der Waals surface area contributed by atoms with Crippen LogP contribution in [-0.4, -0.2) is 29.7 Å². The molecule has 2 atom stereocenters. The van der Waals surface area contributed by atoms with E-state index in [2.05, 4.69) is 35.8 Å². The summed E-state index contributed by atoms with van der Waals surface area (Å²) in [4.78, 5) is 13.8. The lowest BCUT2D eigenvalue weighted by atomic mass is 9.98. The molecule has 0 saturated carbocycles. The summed E-state index contributed by atoms with van der Waals surface area (Å²) in [6.07, 6.45) is 1.56. The van der Waals surface area contributed by atoms with Crippen molar-refractivity contribution in [2.24, 2.45) is 0 Å². The van der Waals surface area contributed by atoms with E-state index in [1.54, 1.807) is 0 Å². The molecule has 5 heteroatoms. The minimum absolute atomic E-state index is 0.253. The molecule has 2 unspecified atom stereocenters. The molecule has 0 saturated heterocycles. The van der Waals surface area contributed by atoms with Gasteiger partial charge in [0.15, 0.2) is 0 Å². The summed E-state index contributed by atoms with van der Waals surface area (Å²) in [5, 5.41) is 17.7. The Bertz CT molecular complexity index is 1430. The molecular formula is C33H32N2O3. The molecule has 38 heavy (non-hydrogen) atoms. The van der Waals surface area contributed by atoms with Crippen LogP contribution in [-0.2, 0) is 17.8 Å². The van der Waals surface area contributed by atoms with Crippen molar-refractivity contribution < 1.29 is 14.6 Å². The normalized spacial score (nSPS) is 13.7. The molecule has 0 spiro atoms. The summed E-state index contributed by atoms with van der Waals surface area (Å²) < 4.78 is 6.14. The molecule has 1 heterocycles. The fourth-order valence-electron chi connectivity index (χ4n) is 4.74.